The lowest BCUT2D eigenvalue weighted by Gasteiger charge is -2.00. The lowest BCUT2D eigenvalue weighted by molar-refractivity contribution is 0.0988. The first-order valence-corrected chi connectivity index (χ1v) is 5.58. The first-order valence-electron chi connectivity index (χ1n) is 4.79. The van der Waals surface area contributed by atoms with E-state index in [9.17, 15) is 4.79 Å². The van der Waals surface area contributed by atoms with Gasteiger partial charge in [0.15, 0.2) is 5.78 Å². The van der Waals surface area contributed by atoms with Crippen molar-refractivity contribution in [2.75, 3.05) is 0 Å². The maximum atomic E-state index is 11.8. The van der Waals surface area contributed by atoms with Crippen molar-refractivity contribution < 1.29 is 4.79 Å². The largest absolute Gasteiger partial charge is 0.292 e. The van der Waals surface area contributed by atoms with E-state index in [1.807, 2.05) is 18.2 Å². The summed E-state index contributed by atoms with van der Waals surface area (Å²) in [7, 11) is 0. The van der Waals surface area contributed by atoms with Crippen LogP contribution in [-0.4, -0.2) is 15.8 Å². The summed E-state index contributed by atoms with van der Waals surface area (Å²) in [6, 6.07) is 7.22. The fraction of sp³-hybridized carbons (Fsp3) is 0.0833. The minimum atomic E-state index is 0.000463. The highest BCUT2D eigenvalue weighted by Gasteiger charge is 2.07. The Bertz CT molecular complexity index is 482. The van der Waals surface area contributed by atoms with Crippen molar-refractivity contribution in [2.24, 2.45) is 0 Å². The smallest absolute Gasteiger partial charge is 0.185 e. The Hall–Kier alpha value is -1.55. The lowest BCUT2D eigenvalue weighted by Crippen LogP contribution is -2.05. The molecule has 16 heavy (non-hydrogen) atoms. The maximum absolute atomic E-state index is 11.8. The topological polar surface area (TPSA) is 42.9 Å². The lowest BCUT2D eigenvalue weighted by atomic mass is 10.1. The zero-order chi connectivity index (χ0) is 11.4. The average Bonchev–Trinajstić information content (AvgIpc) is 2.31. The van der Waals surface area contributed by atoms with E-state index < -0.39 is 0 Å². The second kappa shape index (κ2) is 4.99. The van der Waals surface area contributed by atoms with Crippen molar-refractivity contribution in [3.05, 3.63) is 58.6 Å². The summed E-state index contributed by atoms with van der Waals surface area (Å²) >= 11 is 3.28. The van der Waals surface area contributed by atoms with Crippen LogP contribution in [0.3, 0.4) is 0 Å². The van der Waals surface area contributed by atoms with Crippen LogP contribution in [-0.2, 0) is 6.42 Å². The zero-order valence-electron chi connectivity index (χ0n) is 8.43. The van der Waals surface area contributed by atoms with Crippen molar-refractivity contribution in [3.8, 4) is 0 Å². The Balaban J connectivity index is 2.12. The minimum Gasteiger partial charge on any atom is -0.292 e. The van der Waals surface area contributed by atoms with Crippen LogP contribution in [0.5, 0.6) is 0 Å². The van der Waals surface area contributed by atoms with Gasteiger partial charge in [-0.1, -0.05) is 6.07 Å². The molecule has 0 N–H and O–H groups in total. The van der Waals surface area contributed by atoms with Crippen LogP contribution in [0.1, 0.15) is 16.1 Å². The molecule has 0 spiro atoms. The number of ketones is 1. The monoisotopic (exact) mass is 276 g/mol. The van der Waals surface area contributed by atoms with Crippen LogP contribution >= 0.6 is 15.9 Å². The number of hydrogen-bond acceptors (Lipinski definition) is 3. The van der Waals surface area contributed by atoms with Gasteiger partial charge in [-0.05, 0) is 39.7 Å². The number of nitrogens with zero attached hydrogens (tertiary/aromatic N) is 2. The molecule has 2 rings (SSSR count). The van der Waals surface area contributed by atoms with Crippen LogP contribution in [0, 0.1) is 0 Å². The Labute approximate surface area is 102 Å². The van der Waals surface area contributed by atoms with Crippen LogP contribution < -0.4 is 0 Å². The number of rotatable bonds is 3. The quantitative estimate of drug-likeness (QED) is 0.810. The predicted octanol–water partition coefficient (Wildman–Crippen LogP) is 2.66. The van der Waals surface area contributed by atoms with Gasteiger partial charge in [-0.15, -0.1) is 0 Å². The molecule has 0 unspecified atom stereocenters. The molecule has 0 fully saturated rings. The number of hydrogen-bond donors (Lipinski definition) is 0. The van der Waals surface area contributed by atoms with Crippen molar-refractivity contribution in [3.63, 3.8) is 0 Å². The highest BCUT2D eigenvalue weighted by Crippen LogP contribution is 2.09. The SMILES string of the molecule is O=C(Cc1cccnc1)c1ccc(Br)cn1. The molecular formula is C12H9BrN2O. The molecule has 0 amide bonds. The summed E-state index contributed by atoms with van der Waals surface area (Å²) in [4.78, 5) is 19.8. The minimum absolute atomic E-state index is 0.000463. The van der Waals surface area contributed by atoms with Crippen LogP contribution in [0.15, 0.2) is 47.3 Å². The van der Waals surface area contributed by atoms with E-state index in [1.54, 1.807) is 24.7 Å². The molecule has 0 aliphatic carbocycles. The summed E-state index contributed by atoms with van der Waals surface area (Å²) in [5.41, 5.74) is 1.38. The molecule has 2 aromatic rings. The van der Waals surface area contributed by atoms with Gasteiger partial charge in [0, 0.05) is 29.5 Å². The molecule has 0 bridgehead atoms. The second-order valence-electron chi connectivity index (χ2n) is 3.32. The molecular weight excluding hydrogens is 268 g/mol. The third kappa shape index (κ3) is 2.73. The van der Waals surface area contributed by atoms with Crippen molar-refractivity contribution in [1.82, 2.24) is 9.97 Å². The van der Waals surface area contributed by atoms with Gasteiger partial charge in [-0.2, -0.15) is 0 Å². The number of carbonyl (C=O) groups excluding carboxylic acids is 1. The molecule has 2 aromatic heterocycles. The molecule has 3 nitrogen and oxygen atoms in total. The number of Topliss-reactive ketones (excluding diaryl/α,β-unsaturated/α-hetero) is 1. The normalized spacial score (nSPS) is 10.1. The molecule has 0 aromatic carbocycles. The molecule has 0 atom stereocenters. The summed E-state index contributed by atoms with van der Waals surface area (Å²) in [6.07, 6.45) is 5.33. The summed E-state index contributed by atoms with van der Waals surface area (Å²) < 4.78 is 0.866. The Morgan fingerprint density at radius 1 is 1.25 bits per heavy atom. The fourth-order valence-corrected chi connectivity index (χ4v) is 1.55. The standard InChI is InChI=1S/C12H9BrN2O/c13-10-3-4-11(15-8-10)12(16)6-9-2-1-5-14-7-9/h1-5,7-8H,6H2. The van der Waals surface area contributed by atoms with E-state index in [1.165, 1.54) is 0 Å². The molecule has 0 radical (unpaired) electrons. The van der Waals surface area contributed by atoms with Gasteiger partial charge >= 0.3 is 0 Å². The Morgan fingerprint density at radius 3 is 2.75 bits per heavy atom. The number of pyridine rings is 2. The van der Waals surface area contributed by atoms with Crippen LogP contribution in [0.25, 0.3) is 0 Å². The van der Waals surface area contributed by atoms with Crippen molar-refractivity contribution in [1.29, 1.82) is 0 Å². The van der Waals surface area contributed by atoms with E-state index in [4.69, 9.17) is 0 Å². The molecule has 0 aliphatic rings. The van der Waals surface area contributed by atoms with E-state index in [2.05, 4.69) is 25.9 Å². The third-order valence-corrected chi connectivity index (χ3v) is 2.57. The van der Waals surface area contributed by atoms with Gasteiger partial charge in [0.1, 0.15) is 5.69 Å². The number of halogens is 1. The Kier molecular flexibility index (Phi) is 3.41. The van der Waals surface area contributed by atoms with Gasteiger partial charge in [0.2, 0.25) is 0 Å². The molecule has 0 aliphatic heterocycles. The molecule has 0 saturated carbocycles. The highest BCUT2D eigenvalue weighted by atomic mass is 79.9. The fourth-order valence-electron chi connectivity index (χ4n) is 1.32. The van der Waals surface area contributed by atoms with E-state index in [0.717, 1.165) is 10.0 Å². The Morgan fingerprint density at radius 2 is 2.12 bits per heavy atom. The highest BCUT2D eigenvalue weighted by molar-refractivity contribution is 9.10. The summed E-state index contributed by atoms with van der Waals surface area (Å²) in [5.74, 6) is 0.000463. The van der Waals surface area contributed by atoms with E-state index in [-0.39, 0.29) is 5.78 Å². The van der Waals surface area contributed by atoms with Gasteiger partial charge < -0.3 is 0 Å². The molecule has 0 saturated heterocycles. The maximum Gasteiger partial charge on any atom is 0.185 e. The summed E-state index contributed by atoms with van der Waals surface area (Å²) in [6.45, 7) is 0. The average molecular weight is 277 g/mol. The first kappa shape index (κ1) is 11.0. The number of carbonyl (C=O) groups is 1. The third-order valence-electron chi connectivity index (χ3n) is 2.10. The van der Waals surface area contributed by atoms with Gasteiger partial charge in [0.05, 0.1) is 0 Å². The van der Waals surface area contributed by atoms with Crippen molar-refractivity contribution in [2.45, 2.75) is 6.42 Å². The molecule has 80 valence electrons. The number of aromatic nitrogens is 2. The van der Waals surface area contributed by atoms with Crippen LogP contribution in [0.2, 0.25) is 0 Å². The zero-order valence-corrected chi connectivity index (χ0v) is 10.0. The van der Waals surface area contributed by atoms with Gasteiger partial charge in [-0.3, -0.25) is 14.8 Å². The van der Waals surface area contributed by atoms with E-state index >= 15 is 0 Å². The van der Waals surface area contributed by atoms with Gasteiger partial charge in [0.25, 0.3) is 0 Å². The van der Waals surface area contributed by atoms with Gasteiger partial charge in [-0.25, -0.2) is 0 Å². The van der Waals surface area contributed by atoms with E-state index in [0.29, 0.717) is 12.1 Å². The molecule has 2 heterocycles. The van der Waals surface area contributed by atoms with Crippen LogP contribution in [0.4, 0.5) is 0 Å². The predicted molar refractivity (Wildman–Crippen MR) is 64.2 cm³/mol. The first-order chi connectivity index (χ1) is 7.75. The van der Waals surface area contributed by atoms with Crippen molar-refractivity contribution >= 4 is 21.7 Å². The second-order valence-corrected chi connectivity index (χ2v) is 4.24. The molecule has 4 heteroatoms. The summed E-state index contributed by atoms with van der Waals surface area (Å²) in [5, 5.41) is 0.